The van der Waals surface area contributed by atoms with E-state index < -0.39 is 10.0 Å². The van der Waals surface area contributed by atoms with Gasteiger partial charge in [0.25, 0.3) is 0 Å². The molecule has 1 aromatic heterocycles. The highest BCUT2D eigenvalue weighted by atomic mass is 32.2. The Morgan fingerprint density at radius 3 is 2.79 bits per heavy atom. The summed E-state index contributed by atoms with van der Waals surface area (Å²) in [4.78, 5) is 0.265. The molecule has 6 nitrogen and oxygen atoms in total. The molecule has 1 saturated heterocycles. The minimum Gasteiger partial charge on any atom is -0.313 e. The fourth-order valence-electron chi connectivity index (χ4n) is 2.38. The molecule has 19 heavy (non-hydrogen) atoms. The van der Waals surface area contributed by atoms with Gasteiger partial charge in [0.1, 0.15) is 4.90 Å². The second kappa shape index (κ2) is 5.60. The Balaban J connectivity index is 2.22. The largest absolute Gasteiger partial charge is 0.313 e. The molecule has 108 valence electrons. The lowest BCUT2D eigenvalue weighted by Gasteiger charge is -2.28. The molecule has 1 N–H and O–H groups in total. The molecule has 1 aromatic rings. The van der Waals surface area contributed by atoms with Crippen LogP contribution >= 0.6 is 0 Å². The molecule has 0 bridgehead atoms. The summed E-state index contributed by atoms with van der Waals surface area (Å²) in [5.74, 6) is 0. The van der Waals surface area contributed by atoms with Crippen LogP contribution in [0.1, 0.15) is 26.7 Å². The van der Waals surface area contributed by atoms with Crippen LogP contribution in [-0.2, 0) is 17.1 Å². The molecule has 0 radical (unpaired) electrons. The van der Waals surface area contributed by atoms with E-state index in [1.807, 2.05) is 13.8 Å². The van der Waals surface area contributed by atoms with Gasteiger partial charge in [0.05, 0.1) is 6.20 Å². The minimum absolute atomic E-state index is 0.0624. The van der Waals surface area contributed by atoms with Crippen LogP contribution < -0.4 is 5.32 Å². The molecule has 0 spiro atoms. The van der Waals surface area contributed by atoms with E-state index in [1.165, 1.54) is 10.9 Å². The third kappa shape index (κ3) is 3.16. The molecule has 0 aliphatic carbocycles. The van der Waals surface area contributed by atoms with Gasteiger partial charge < -0.3 is 5.32 Å². The Kier molecular flexibility index (Phi) is 4.27. The number of nitrogens with one attached hydrogen (secondary N) is 1. The minimum atomic E-state index is -3.46. The molecule has 2 rings (SSSR count). The Bertz CT molecular complexity index is 518. The summed E-state index contributed by atoms with van der Waals surface area (Å²) in [6.07, 6.45) is 5.11. The van der Waals surface area contributed by atoms with Crippen molar-refractivity contribution in [2.24, 2.45) is 7.05 Å². The van der Waals surface area contributed by atoms with E-state index >= 15 is 0 Å². The molecule has 1 aliphatic heterocycles. The third-order valence-electron chi connectivity index (χ3n) is 3.43. The van der Waals surface area contributed by atoms with E-state index in [1.54, 1.807) is 17.5 Å². The fraction of sp³-hybridized carbons (Fsp3) is 0.750. The topological polar surface area (TPSA) is 67.2 Å². The summed E-state index contributed by atoms with van der Waals surface area (Å²) in [6, 6.07) is 0.196. The summed E-state index contributed by atoms with van der Waals surface area (Å²) in [5.41, 5.74) is 0. The Morgan fingerprint density at radius 2 is 2.32 bits per heavy atom. The average Bonchev–Trinajstić information content (AvgIpc) is 2.96. The molecule has 1 fully saturated rings. The maximum atomic E-state index is 12.6. The zero-order valence-electron chi connectivity index (χ0n) is 11.7. The predicted octanol–water partition coefficient (Wildman–Crippen LogP) is 0.571. The van der Waals surface area contributed by atoms with Crippen molar-refractivity contribution in [1.82, 2.24) is 19.4 Å². The number of aryl methyl sites for hydroxylation is 1. The SMILES string of the molecule is CC(C)N(CC1CCCN1)S(=O)(=O)c1cnn(C)c1. The highest BCUT2D eigenvalue weighted by molar-refractivity contribution is 7.89. The van der Waals surface area contributed by atoms with Gasteiger partial charge in [-0.25, -0.2) is 8.42 Å². The van der Waals surface area contributed by atoms with Gasteiger partial charge in [-0.3, -0.25) is 4.68 Å². The van der Waals surface area contributed by atoms with Gasteiger partial charge in [-0.1, -0.05) is 0 Å². The van der Waals surface area contributed by atoms with Crippen molar-refractivity contribution in [1.29, 1.82) is 0 Å². The lowest BCUT2D eigenvalue weighted by molar-refractivity contribution is 0.322. The number of hydrogen-bond acceptors (Lipinski definition) is 4. The molecule has 1 unspecified atom stereocenters. The van der Waals surface area contributed by atoms with E-state index in [0.717, 1.165) is 19.4 Å². The van der Waals surface area contributed by atoms with Crippen LogP contribution in [0.3, 0.4) is 0 Å². The van der Waals surface area contributed by atoms with Gasteiger partial charge in [0.2, 0.25) is 10.0 Å². The molecular weight excluding hydrogens is 264 g/mol. The highest BCUT2D eigenvalue weighted by Crippen LogP contribution is 2.19. The normalized spacial score (nSPS) is 20.6. The van der Waals surface area contributed by atoms with Crippen molar-refractivity contribution >= 4 is 10.0 Å². The van der Waals surface area contributed by atoms with Crippen molar-refractivity contribution in [3.8, 4) is 0 Å². The molecule has 1 atom stereocenters. The Hall–Kier alpha value is -0.920. The van der Waals surface area contributed by atoms with Crippen LogP contribution in [-0.4, -0.2) is 47.7 Å². The van der Waals surface area contributed by atoms with Crippen molar-refractivity contribution in [3.05, 3.63) is 12.4 Å². The second-order valence-corrected chi connectivity index (χ2v) is 7.20. The van der Waals surface area contributed by atoms with Crippen LogP contribution in [0, 0.1) is 0 Å². The van der Waals surface area contributed by atoms with E-state index in [9.17, 15) is 8.42 Å². The molecule has 1 aliphatic rings. The summed E-state index contributed by atoms with van der Waals surface area (Å²) in [7, 11) is -1.74. The first kappa shape index (κ1) is 14.5. The smallest absolute Gasteiger partial charge is 0.246 e. The zero-order valence-corrected chi connectivity index (χ0v) is 12.5. The van der Waals surface area contributed by atoms with Crippen LogP contribution in [0.5, 0.6) is 0 Å². The van der Waals surface area contributed by atoms with Crippen molar-refractivity contribution in [3.63, 3.8) is 0 Å². The van der Waals surface area contributed by atoms with Crippen LogP contribution in [0.4, 0.5) is 0 Å². The number of nitrogens with zero attached hydrogens (tertiary/aromatic N) is 3. The number of sulfonamides is 1. The quantitative estimate of drug-likeness (QED) is 0.859. The highest BCUT2D eigenvalue weighted by Gasteiger charge is 2.31. The van der Waals surface area contributed by atoms with Crippen molar-refractivity contribution in [2.75, 3.05) is 13.1 Å². The van der Waals surface area contributed by atoms with E-state index in [4.69, 9.17) is 0 Å². The number of hydrogen-bond donors (Lipinski definition) is 1. The van der Waals surface area contributed by atoms with E-state index in [-0.39, 0.29) is 17.0 Å². The monoisotopic (exact) mass is 286 g/mol. The molecule has 0 aromatic carbocycles. The maximum Gasteiger partial charge on any atom is 0.246 e. The summed E-state index contributed by atoms with van der Waals surface area (Å²) in [5, 5.41) is 7.30. The van der Waals surface area contributed by atoms with E-state index in [2.05, 4.69) is 10.4 Å². The van der Waals surface area contributed by atoms with Crippen LogP contribution in [0.25, 0.3) is 0 Å². The predicted molar refractivity (Wildman–Crippen MR) is 73.3 cm³/mol. The van der Waals surface area contributed by atoms with Gasteiger partial charge in [-0.05, 0) is 33.2 Å². The second-order valence-electron chi connectivity index (χ2n) is 5.31. The Labute approximate surface area is 114 Å². The standard InChI is InChI=1S/C12H22N4O2S/c1-10(2)16(8-11-5-4-6-13-11)19(17,18)12-7-14-15(3)9-12/h7,9-11,13H,4-6,8H2,1-3H3. The molecular formula is C12H22N4O2S. The first-order valence-electron chi connectivity index (χ1n) is 6.65. The maximum absolute atomic E-state index is 12.6. The molecule has 0 amide bonds. The third-order valence-corrected chi connectivity index (χ3v) is 5.42. The number of aromatic nitrogens is 2. The summed E-state index contributed by atoms with van der Waals surface area (Å²) in [6.45, 7) is 5.31. The van der Waals surface area contributed by atoms with Gasteiger partial charge in [0.15, 0.2) is 0 Å². The van der Waals surface area contributed by atoms with Crippen LogP contribution in [0.2, 0.25) is 0 Å². The zero-order chi connectivity index (χ0) is 14.0. The Morgan fingerprint density at radius 1 is 1.58 bits per heavy atom. The van der Waals surface area contributed by atoms with Gasteiger partial charge in [-0.15, -0.1) is 0 Å². The number of rotatable bonds is 5. The van der Waals surface area contributed by atoms with Crippen LogP contribution in [0.15, 0.2) is 17.3 Å². The average molecular weight is 286 g/mol. The first-order chi connectivity index (χ1) is 8.91. The van der Waals surface area contributed by atoms with E-state index in [0.29, 0.717) is 6.54 Å². The van der Waals surface area contributed by atoms with Gasteiger partial charge in [0, 0.05) is 31.9 Å². The van der Waals surface area contributed by atoms with Gasteiger partial charge >= 0.3 is 0 Å². The lowest BCUT2D eigenvalue weighted by Crippen LogP contribution is -2.44. The van der Waals surface area contributed by atoms with Crippen molar-refractivity contribution in [2.45, 2.75) is 43.7 Å². The summed E-state index contributed by atoms with van der Waals surface area (Å²) < 4.78 is 28.3. The van der Waals surface area contributed by atoms with Gasteiger partial charge in [-0.2, -0.15) is 9.40 Å². The fourth-order valence-corrected chi connectivity index (χ4v) is 4.05. The first-order valence-corrected chi connectivity index (χ1v) is 8.09. The molecule has 2 heterocycles. The molecule has 0 saturated carbocycles. The lowest BCUT2D eigenvalue weighted by atomic mass is 10.2. The van der Waals surface area contributed by atoms with Crippen molar-refractivity contribution < 1.29 is 8.42 Å². The summed E-state index contributed by atoms with van der Waals surface area (Å²) >= 11 is 0. The molecule has 7 heteroatoms.